The highest BCUT2D eigenvalue weighted by Gasteiger charge is 2.57. The Balaban J connectivity index is 1.65. The summed E-state index contributed by atoms with van der Waals surface area (Å²) in [5.41, 5.74) is 0.233. The van der Waals surface area contributed by atoms with Crippen molar-refractivity contribution in [2.75, 3.05) is 6.54 Å². The Morgan fingerprint density at radius 1 is 1.23 bits per heavy atom. The smallest absolute Gasteiger partial charge is 0.252 e. The van der Waals surface area contributed by atoms with E-state index >= 15 is 0 Å². The molecule has 2 aliphatic rings. The van der Waals surface area contributed by atoms with E-state index in [1.165, 1.54) is 6.07 Å². The van der Waals surface area contributed by atoms with Gasteiger partial charge in [-0.2, -0.15) is 0 Å². The molecule has 22 heavy (non-hydrogen) atoms. The van der Waals surface area contributed by atoms with Gasteiger partial charge in [0.2, 0.25) is 5.91 Å². The second kappa shape index (κ2) is 5.60. The lowest BCUT2D eigenvalue weighted by Gasteiger charge is -2.30. The van der Waals surface area contributed by atoms with Crippen LogP contribution in [0.5, 0.6) is 0 Å². The molecule has 1 aromatic rings. The molecule has 1 unspecified atom stereocenters. The summed E-state index contributed by atoms with van der Waals surface area (Å²) in [4.78, 5) is 11.9. The largest absolute Gasteiger partial charge is 0.355 e. The highest BCUT2D eigenvalue weighted by atomic mass is 19.3. The van der Waals surface area contributed by atoms with Gasteiger partial charge in [-0.05, 0) is 24.5 Å². The van der Waals surface area contributed by atoms with Gasteiger partial charge in [0.25, 0.3) is 5.92 Å². The maximum atomic E-state index is 14.1. The van der Waals surface area contributed by atoms with Crippen LogP contribution in [-0.4, -0.2) is 18.4 Å². The number of nitrogens with one attached hydrogen (secondary N) is 1. The second-order valence-corrected chi connectivity index (χ2v) is 6.61. The average molecular weight is 311 g/mol. The Morgan fingerprint density at radius 2 is 1.86 bits per heavy atom. The van der Waals surface area contributed by atoms with Crippen molar-refractivity contribution in [3.8, 4) is 0 Å². The van der Waals surface area contributed by atoms with Gasteiger partial charge >= 0.3 is 0 Å². The van der Waals surface area contributed by atoms with Gasteiger partial charge < -0.3 is 5.32 Å². The van der Waals surface area contributed by atoms with Crippen LogP contribution in [0.4, 0.5) is 13.2 Å². The number of amides is 1. The van der Waals surface area contributed by atoms with E-state index in [1.54, 1.807) is 18.2 Å². The molecule has 1 N–H and O–H groups in total. The molecule has 1 amide bonds. The molecule has 0 radical (unpaired) electrons. The van der Waals surface area contributed by atoms with E-state index in [4.69, 9.17) is 0 Å². The zero-order chi connectivity index (χ0) is 15.8. The fourth-order valence-electron chi connectivity index (χ4n) is 3.54. The van der Waals surface area contributed by atoms with E-state index < -0.39 is 17.3 Å². The first-order valence-electron chi connectivity index (χ1n) is 7.82. The molecule has 5 heteroatoms. The lowest BCUT2D eigenvalue weighted by molar-refractivity contribution is -0.122. The lowest BCUT2D eigenvalue weighted by Crippen LogP contribution is -2.39. The van der Waals surface area contributed by atoms with Crippen molar-refractivity contribution in [1.29, 1.82) is 0 Å². The van der Waals surface area contributed by atoms with Crippen LogP contribution >= 0.6 is 0 Å². The molecule has 3 rings (SSSR count). The molecule has 2 aliphatic carbocycles. The number of benzene rings is 1. The maximum absolute atomic E-state index is 14.1. The standard InChI is InChI=1S/C17H20F3NO/c18-14-6-2-1-5-13(14)16(7-3-4-8-16)11-21-15(22)9-12-10-17(12,19)20/h1-2,5-6,12H,3-4,7-11H2,(H,21,22). The molecule has 0 saturated heterocycles. The van der Waals surface area contributed by atoms with E-state index in [2.05, 4.69) is 5.32 Å². The molecule has 0 aliphatic heterocycles. The zero-order valence-electron chi connectivity index (χ0n) is 12.4. The van der Waals surface area contributed by atoms with Crippen LogP contribution < -0.4 is 5.32 Å². The number of hydrogen-bond acceptors (Lipinski definition) is 1. The number of halogens is 3. The van der Waals surface area contributed by atoms with Crippen LogP contribution in [0.25, 0.3) is 0 Å². The fraction of sp³-hybridized carbons (Fsp3) is 0.588. The number of carbonyl (C=O) groups excluding carboxylic acids is 1. The Labute approximate surface area is 128 Å². The molecule has 0 bridgehead atoms. The normalized spacial score (nSPS) is 25.0. The summed E-state index contributed by atoms with van der Waals surface area (Å²) in [5.74, 6) is -4.11. The van der Waals surface area contributed by atoms with Gasteiger partial charge in [-0.25, -0.2) is 13.2 Å². The Kier molecular flexibility index (Phi) is 3.91. The van der Waals surface area contributed by atoms with Crippen LogP contribution in [0.1, 0.15) is 44.1 Å². The summed E-state index contributed by atoms with van der Waals surface area (Å²) < 4.78 is 39.8. The zero-order valence-corrected chi connectivity index (χ0v) is 12.4. The fourth-order valence-corrected chi connectivity index (χ4v) is 3.54. The Hall–Kier alpha value is -1.52. The third kappa shape index (κ3) is 2.99. The first-order chi connectivity index (χ1) is 10.4. The summed E-state index contributed by atoms with van der Waals surface area (Å²) >= 11 is 0. The van der Waals surface area contributed by atoms with Crippen molar-refractivity contribution in [3.05, 3.63) is 35.6 Å². The number of carbonyl (C=O) groups is 1. The van der Waals surface area contributed by atoms with Crippen LogP contribution in [0.15, 0.2) is 24.3 Å². The predicted molar refractivity (Wildman–Crippen MR) is 77.2 cm³/mol. The molecule has 0 heterocycles. The van der Waals surface area contributed by atoms with Crippen molar-refractivity contribution >= 4 is 5.91 Å². The third-order valence-corrected chi connectivity index (χ3v) is 5.02. The van der Waals surface area contributed by atoms with Gasteiger partial charge in [0.15, 0.2) is 0 Å². The lowest BCUT2D eigenvalue weighted by atomic mass is 9.78. The van der Waals surface area contributed by atoms with E-state index in [-0.39, 0.29) is 24.6 Å². The molecular formula is C17H20F3NO. The Bertz CT molecular complexity index is 567. The minimum Gasteiger partial charge on any atom is -0.355 e. The maximum Gasteiger partial charge on any atom is 0.252 e. The van der Waals surface area contributed by atoms with Gasteiger partial charge in [-0.15, -0.1) is 0 Å². The van der Waals surface area contributed by atoms with Gasteiger partial charge in [-0.1, -0.05) is 31.0 Å². The summed E-state index contributed by atoms with van der Waals surface area (Å²) in [6.07, 6.45) is 3.27. The van der Waals surface area contributed by atoms with Gasteiger partial charge in [0.1, 0.15) is 5.82 Å². The van der Waals surface area contributed by atoms with E-state index in [9.17, 15) is 18.0 Å². The first-order valence-corrected chi connectivity index (χ1v) is 7.82. The van der Waals surface area contributed by atoms with Gasteiger partial charge in [-0.3, -0.25) is 4.79 Å². The molecule has 1 aromatic carbocycles. The SMILES string of the molecule is O=C(CC1CC1(F)F)NCC1(c2ccccc2F)CCCC1. The average Bonchev–Trinajstić information content (AvgIpc) is 2.89. The van der Waals surface area contributed by atoms with Crippen molar-refractivity contribution < 1.29 is 18.0 Å². The third-order valence-electron chi connectivity index (χ3n) is 5.02. The monoisotopic (exact) mass is 311 g/mol. The van der Waals surface area contributed by atoms with Crippen LogP contribution in [0.2, 0.25) is 0 Å². The molecule has 1 atom stereocenters. The minimum atomic E-state index is -2.67. The Morgan fingerprint density at radius 3 is 2.45 bits per heavy atom. The number of alkyl halides is 2. The molecule has 2 fully saturated rings. The highest BCUT2D eigenvalue weighted by Crippen LogP contribution is 2.50. The molecule has 2 nitrogen and oxygen atoms in total. The van der Waals surface area contributed by atoms with Crippen molar-refractivity contribution in [1.82, 2.24) is 5.32 Å². The molecule has 120 valence electrons. The summed E-state index contributed by atoms with van der Waals surface area (Å²) in [7, 11) is 0. The highest BCUT2D eigenvalue weighted by molar-refractivity contribution is 5.76. The summed E-state index contributed by atoms with van der Waals surface area (Å²) in [5, 5.41) is 2.76. The van der Waals surface area contributed by atoms with Gasteiger partial charge in [0.05, 0.1) is 0 Å². The van der Waals surface area contributed by atoms with Crippen LogP contribution in [0.3, 0.4) is 0 Å². The van der Waals surface area contributed by atoms with E-state index in [1.807, 2.05) is 0 Å². The quantitative estimate of drug-likeness (QED) is 0.880. The summed E-state index contributed by atoms with van der Waals surface area (Å²) in [6.45, 7) is 0.324. The molecular weight excluding hydrogens is 291 g/mol. The van der Waals surface area contributed by atoms with Gasteiger partial charge in [0, 0.05) is 30.7 Å². The summed E-state index contributed by atoms with van der Waals surface area (Å²) in [6, 6.07) is 6.64. The van der Waals surface area contributed by atoms with E-state index in [0.29, 0.717) is 12.1 Å². The molecule has 0 spiro atoms. The topological polar surface area (TPSA) is 29.1 Å². The minimum absolute atomic E-state index is 0.139. The molecule has 0 aromatic heterocycles. The second-order valence-electron chi connectivity index (χ2n) is 6.61. The number of hydrogen-bond donors (Lipinski definition) is 1. The molecule has 2 saturated carbocycles. The van der Waals surface area contributed by atoms with Crippen LogP contribution in [0, 0.1) is 11.7 Å². The van der Waals surface area contributed by atoms with Crippen molar-refractivity contribution in [3.63, 3.8) is 0 Å². The van der Waals surface area contributed by atoms with Crippen LogP contribution in [-0.2, 0) is 10.2 Å². The van der Waals surface area contributed by atoms with Crippen molar-refractivity contribution in [2.24, 2.45) is 5.92 Å². The van der Waals surface area contributed by atoms with Crippen molar-refractivity contribution in [2.45, 2.75) is 49.9 Å². The van der Waals surface area contributed by atoms with E-state index in [0.717, 1.165) is 25.7 Å². The number of rotatable bonds is 5. The first kappa shape index (κ1) is 15.4. The predicted octanol–water partition coefficient (Wildman–Crippen LogP) is 3.80.